The van der Waals surface area contributed by atoms with Gasteiger partial charge in [-0.15, -0.1) is 11.3 Å². The Hall–Kier alpha value is -4.63. The molecular weight excluding hydrogens is 570 g/mol. The van der Waals surface area contributed by atoms with Gasteiger partial charge in [-0.25, -0.2) is 0 Å². The number of carboxylic acids is 1. The number of nitrogens with one attached hydrogen (secondary N) is 2. The van der Waals surface area contributed by atoms with Crippen molar-refractivity contribution in [3.63, 3.8) is 0 Å². The highest BCUT2D eigenvalue weighted by Gasteiger charge is 2.32. The van der Waals surface area contributed by atoms with E-state index in [0.29, 0.717) is 48.6 Å². The molecular formula is C31H33N5O6S. The number of amides is 2. The Bertz CT molecular complexity index is 1630. The molecule has 4 heterocycles. The third kappa shape index (κ3) is 7.06. The maximum atomic E-state index is 13.7. The fourth-order valence-electron chi connectivity index (χ4n) is 5.46. The zero-order valence-electron chi connectivity index (χ0n) is 23.9. The lowest BCUT2D eigenvalue weighted by molar-refractivity contribution is -0.140. The van der Waals surface area contributed by atoms with Gasteiger partial charge in [-0.05, 0) is 75.4 Å². The van der Waals surface area contributed by atoms with Crippen LogP contribution in [-0.2, 0) is 20.8 Å². The standard InChI is InChI=1S/C31H33N5O6S/c1-19-14-20-15-21(7-9-25(20)42-19)33-30(23(17-32)29(40)26-10-8-22(43-26)16-28(38)39)34-24-6-2-3-13-36(31(24)41)18-27(37)35-11-4-5-12-35/h7-10,14-15,24,33-34H,2-6,11-13,16,18H2,1H3,(H,38,39)/b30-23-/t24-/m0/s1. The van der Waals surface area contributed by atoms with Crippen LogP contribution >= 0.6 is 11.3 Å². The number of Topliss-reactive ketones (excluding diaryl/α,β-unsaturated/α-hetero) is 1. The second-order valence-corrected chi connectivity index (χ2v) is 12.0. The number of aliphatic carboxylic acids is 1. The minimum Gasteiger partial charge on any atom is -0.481 e. The molecule has 12 heteroatoms. The summed E-state index contributed by atoms with van der Waals surface area (Å²) in [7, 11) is 0. The molecule has 2 aliphatic rings. The van der Waals surface area contributed by atoms with Crippen molar-refractivity contribution in [2.45, 2.75) is 51.5 Å². The first-order valence-corrected chi connectivity index (χ1v) is 15.1. The van der Waals surface area contributed by atoms with Gasteiger partial charge in [0.1, 0.15) is 34.8 Å². The van der Waals surface area contributed by atoms with Crippen LogP contribution in [0, 0.1) is 18.3 Å². The lowest BCUT2D eigenvalue weighted by atomic mass is 10.1. The normalized spacial score (nSPS) is 17.8. The maximum Gasteiger partial charge on any atom is 0.308 e. The Morgan fingerprint density at radius 2 is 1.86 bits per heavy atom. The molecule has 2 aromatic heterocycles. The highest BCUT2D eigenvalue weighted by molar-refractivity contribution is 7.14. The second-order valence-electron chi connectivity index (χ2n) is 10.8. The molecule has 2 aliphatic heterocycles. The summed E-state index contributed by atoms with van der Waals surface area (Å²) in [5.74, 6) is -1.17. The van der Waals surface area contributed by atoms with Gasteiger partial charge in [0, 0.05) is 35.6 Å². The molecule has 3 N–H and O–H groups in total. The number of aryl methyl sites for hydroxylation is 1. The fourth-order valence-corrected chi connectivity index (χ4v) is 6.40. The van der Waals surface area contributed by atoms with E-state index in [9.17, 15) is 24.4 Å². The van der Waals surface area contributed by atoms with Crippen molar-refractivity contribution >= 4 is 51.6 Å². The number of likely N-dealkylation sites (tertiary alicyclic amines) is 2. The van der Waals surface area contributed by atoms with Crippen molar-refractivity contribution in [2.75, 3.05) is 31.5 Å². The summed E-state index contributed by atoms with van der Waals surface area (Å²) in [4.78, 5) is 55.4. The predicted molar refractivity (Wildman–Crippen MR) is 160 cm³/mol. The van der Waals surface area contributed by atoms with E-state index in [2.05, 4.69) is 10.6 Å². The summed E-state index contributed by atoms with van der Waals surface area (Å²) in [6.07, 6.45) is 3.57. The molecule has 3 aromatic rings. The predicted octanol–water partition coefficient (Wildman–Crippen LogP) is 4.05. The van der Waals surface area contributed by atoms with Crippen LogP contribution in [0.4, 0.5) is 5.69 Å². The molecule has 0 unspecified atom stereocenters. The van der Waals surface area contributed by atoms with E-state index in [4.69, 9.17) is 9.52 Å². The van der Waals surface area contributed by atoms with E-state index < -0.39 is 17.8 Å². The third-order valence-electron chi connectivity index (χ3n) is 7.59. The van der Waals surface area contributed by atoms with Gasteiger partial charge in [0.15, 0.2) is 0 Å². The Kier molecular flexibility index (Phi) is 9.11. The average molecular weight is 604 g/mol. The number of carbonyl (C=O) groups is 4. The van der Waals surface area contributed by atoms with Gasteiger partial charge < -0.3 is 30.0 Å². The molecule has 0 aliphatic carbocycles. The summed E-state index contributed by atoms with van der Waals surface area (Å²) in [5, 5.41) is 26.5. The molecule has 5 rings (SSSR count). The highest BCUT2D eigenvalue weighted by Crippen LogP contribution is 2.26. The van der Waals surface area contributed by atoms with Gasteiger partial charge in [0.2, 0.25) is 17.6 Å². The van der Waals surface area contributed by atoms with Crippen LogP contribution in [0.2, 0.25) is 0 Å². The number of hydrogen-bond donors (Lipinski definition) is 3. The van der Waals surface area contributed by atoms with E-state index in [1.165, 1.54) is 6.07 Å². The topological polar surface area (TPSA) is 156 Å². The number of hydrogen-bond acceptors (Lipinski definition) is 9. The van der Waals surface area contributed by atoms with Gasteiger partial charge in [-0.1, -0.05) is 0 Å². The van der Waals surface area contributed by atoms with Crippen LogP contribution in [0.1, 0.15) is 52.4 Å². The minimum absolute atomic E-state index is 0.00835. The monoisotopic (exact) mass is 603 g/mol. The van der Waals surface area contributed by atoms with E-state index in [0.717, 1.165) is 41.7 Å². The second kappa shape index (κ2) is 13.1. The number of carbonyl (C=O) groups excluding carboxylic acids is 3. The van der Waals surface area contributed by atoms with Crippen molar-refractivity contribution in [2.24, 2.45) is 0 Å². The Labute approximate surface area is 252 Å². The highest BCUT2D eigenvalue weighted by atomic mass is 32.1. The largest absolute Gasteiger partial charge is 0.481 e. The molecule has 2 saturated heterocycles. The number of anilines is 1. The lowest BCUT2D eigenvalue weighted by Crippen LogP contribution is -2.49. The van der Waals surface area contributed by atoms with Crippen LogP contribution in [0.25, 0.3) is 11.0 Å². The van der Waals surface area contributed by atoms with Crippen molar-refractivity contribution in [1.29, 1.82) is 5.26 Å². The van der Waals surface area contributed by atoms with Crippen LogP contribution in [0.15, 0.2) is 52.2 Å². The lowest BCUT2D eigenvalue weighted by Gasteiger charge is -2.28. The van der Waals surface area contributed by atoms with E-state index in [1.54, 1.807) is 28.0 Å². The van der Waals surface area contributed by atoms with Crippen LogP contribution in [0.3, 0.4) is 0 Å². The van der Waals surface area contributed by atoms with Crippen LogP contribution in [0.5, 0.6) is 0 Å². The number of nitrogens with zero attached hydrogens (tertiary/aromatic N) is 3. The molecule has 1 atom stereocenters. The number of rotatable bonds is 10. The molecule has 43 heavy (non-hydrogen) atoms. The summed E-state index contributed by atoms with van der Waals surface area (Å²) in [5.41, 5.74) is 1.00. The molecule has 2 amide bonds. The maximum absolute atomic E-state index is 13.7. The average Bonchev–Trinajstić information content (AvgIpc) is 3.72. The number of allylic oxidation sites excluding steroid dienone is 1. The van der Waals surface area contributed by atoms with Crippen molar-refractivity contribution in [1.82, 2.24) is 15.1 Å². The SMILES string of the molecule is Cc1cc2cc(N/C(N[C@H]3CCCCN(CC(=O)N4CCCC4)C3=O)=C(\C#N)C(=O)c3ccc(CC(=O)O)s3)ccc2o1. The number of thiophene rings is 1. The molecule has 1 aromatic carbocycles. The number of fused-ring (bicyclic) bond motifs is 1. The zero-order chi connectivity index (χ0) is 30.5. The van der Waals surface area contributed by atoms with Crippen LogP contribution < -0.4 is 10.6 Å². The molecule has 0 spiro atoms. The zero-order valence-corrected chi connectivity index (χ0v) is 24.7. The Balaban J connectivity index is 1.46. The summed E-state index contributed by atoms with van der Waals surface area (Å²) in [6, 6.07) is 11.5. The van der Waals surface area contributed by atoms with Gasteiger partial charge >= 0.3 is 5.97 Å². The van der Waals surface area contributed by atoms with Gasteiger partial charge in [0.25, 0.3) is 0 Å². The number of nitriles is 1. The Morgan fingerprint density at radius 1 is 1.09 bits per heavy atom. The molecule has 11 nitrogen and oxygen atoms in total. The van der Waals surface area contributed by atoms with Crippen molar-refractivity contribution in [3.8, 4) is 6.07 Å². The van der Waals surface area contributed by atoms with Crippen LogP contribution in [-0.4, -0.2) is 70.7 Å². The third-order valence-corrected chi connectivity index (χ3v) is 8.68. The van der Waals surface area contributed by atoms with Gasteiger partial charge in [0.05, 0.1) is 17.8 Å². The minimum atomic E-state index is -1.02. The quantitative estimate of drug-likeness (QED) is 0.177. The number of carboxylic acid groups (broad SMARTS) is 1. The van der Waals surface area contributed by atoms with Crippen molar-refractivity contribution in [3.05, 3.63) is 63.3 Å². The Morgan fingerprint density at radius 3 is 2.60 bits per heavy atom. The number of furan rings is 1. The smallest absolute Gasteiger partial charge is 0.308 e. The molecule has 0 saturated carbocycles. The van der Waals surface area contributed by atoms with Gasteiger partial charge in [-0.2, -0.15) is 5.26 Å². The molecule has 0 radical (unpaired) electrons. The summed E-state index contributed by atoms with van der Waals surface area (Å²) < 4.78 is 5.67. The molecule has 2 fully saturated rings. The van der Waals surface area contributed by atoms with E-state index in [1.807, 2.05) is 25.1 Å². The molecule has 0 bridgehead atoms. The fraction of sp³-hybridized carbons (Fsp3) is 0.387. The first kappa shape index (κ1) is 29.8. The summed E-state index contributed by atoms with van der Waals surface area (Å²) in [6.45, 7) is 3.68. The summed E-state index contributed by atoms with van der Waals surface area (Å²) >= 11 is 1.01. The molecule has 224 valence electrons. The first-order valence-electron chi connectivity index (χ1n) is 14.3. The first-order chi connectivity index (χ1) is 20.7. The van der Waals surface area contributed by atoms with Crippen molar-refractivity contribution < 1.29 is 28.7 Å². The van der Waals surface area contributed by atoms with Gasteiger partial charge in [-0.3, -0.25) is 19.2 Å². The van der Waals surface area contributed by atoms with E-state index >= 15 is 0 Å². The van der Waals surface area contributed by atoms with E-state index in [-0.39, 0.29) is 41.1 Å². The number of ketones is 1. The number of benzene rings is 1.